The molecule has 0 bridgehead atoms. The maximum Gasteiger partial charge on any atom is 0.143 e. The first-order valence-electron chi connectivity index (χ1n) is 22.8. The van der Waals surface area contributed by atoms with Crippen LogP contribution >= 0.6 is 0 Å². The molecule has 0 saturated heterocycles. The fourth-order valence-electron chi connectivity index (χ4n) is 11.7. The van der Waals surface area contributed by atoms with Crippen molar-refractivity contribution in [1.82, 2.24) is 0 Å². The first-order chi connectivity index (χ1) is 31.9. The summed E-state index contributed by atoms with van der Waals surface area (Å²) in [6, 6.07) is 80.5. The van der Waals surface area contributed by atoms with E-state index < -0.39 is 0 Å². The minimum atomic E-state index is -0.353. The van der Waals surface area contributed by atoms with Gasteiger partial charge in [0.1, 0.15) is 11.2 Å². The third kappa shape index (κ3) is 5.41. The highest BCUT2D eigenvalue weighted by Crippen LogP contribution is 2.56. The van der Waals surface area contributed by atoms with Gasteiger partial charge in [-0.05, 0) is 122 Å². The van der Waals surface area contributed by atoms with Crippen molar-refractivity contribution in [2.24, 2.45) is 0 Å². The number of nitrogens with zero attached hydrogens (tertiary/aromatic N) is 1. The van der Waals surface area contributed by atoms with Gasteiger partial charge in [0.25, 0.3) is 0 Å². The highest BCUT2D eigenvalue weighted by Gasteiger charge is 2.42. The fraction of sp³-hybridized carbons (Fsp3) is 0.0794. The molecule has 1 aromatic heterocycles. The van der Waals surface area contributed by atoms with Gasteiger partial charge in [-0.2, -0.15) is 0 Å². The third-order valence-electron chi connectivity index (χ3n) is 14.7. The third-order valence-corrected chi connectivity index (χ3v) is 14.7. The standard InChI is InChI=1S/C63H45NO/c1-62(2)54-30-12-9-25-48(54)51-28-16-29-52(60(51)62)50-26-11-14-32-57(50)64(44-35-37-49-47-24-10-13-31-55(47)63(3,56(49)39-44)42-20-5-4-6-21-42)43-22-15-19-41(38-43)45-27-17-33-58-59(45)53-36-34-40-18-7-8-23-46(40)61(53)65-58/h4-39H,1-3H3. The topological polar surface area (TPSA) is 16.4 Å². The summed E-state index contributed by atoms with van der Waals surface area (Å²) in [7, 11) is 0. The van der Waals surface area contributed by atoms with Crippen LogP contribution in [0.15, 0.2) is 223 Å². The van der Waals surface area contributed by atoms with Crippen molar-refractivity contribution in [2.75, 3.05) is 4.90 Å². The molecule has 11 aromatic rings. The van der Waals surface area contributed by atoms with Crippen molar-refractivity contribution in [2.45, 2.75) is 31.6 Å². The fourth-order valence-corrected chi connectivity index (χ4v) is 11.7. The molecule has 13 rings (SSSR count). The Morgan fingerprint density at radius 3 is 1.86 bits per heavy atom. The Bertz CT molecular complexity index is 3720. The summed E-state index contributed by atoms with van der Waals surface area (Å²) in [4.78, 5) is 2.50. The van der Waals surface area contributed by atoms with Gasteiger partial charge in [0.05, 0.1) is 5.69 Å². The highest BCUT2D eigenvalue weighted by molar-refractivity contribution is 6.19. The number of anilines is 3. The molecular formula is C63H45NO. The van der Waals surface area contributed by atoms with Gasteiger partial charge >= 0.3 is 0 Å². The van der Waals surface area contributed by atoms with Crippen molar-refractivity contribution in [1.29, 1.82) is 0 Å². The normalized spacial score (nSPS) is 15.5. The molecular weight excluding hydrogens is 787 g/mol. The predicted octanol–water partition coefficient (Wildman–Crippen LogP) is 17.2. The molecule has 0 aliphatic heterocycles. The quantitative estimate of drug-likeness (QED) is 0.166. The Morgan fingerprint density at radius 1 is 0.400 bits per heavy atom. The molecule has 0 amide bonds. The molecule has 0 N–H and O–H groups in total. The molecule has 1 atom stereocenters. The number of rotatable bonds is 6. The first-order valence-corrected chi connectivity index (χ1v) is 22.8. The summed E-state index contributed by atoms with van der Waals surface area (Å²) in [6.45, 7) is 7.18. The average molecular weight is 832 g/mol. The molecule has 308 valence electrons. The molecule has 2 aliphatic carbocycles. The SMILES string of the molecule is CC1(C)c2ccccc2-c2cccc(-c3ccccc3N(c3cccc(-c4cccc5oc6c7ccccc7ccc6c45)c3)c3ccc4c(c3)C(C)(c3ccccc3)c3ccccc3-4)c21. The summed E-state index contributed by atoms with van der Waals surface area (Å²) in [5, 5.41) is 4.56. The smallest absolute Gasteiger partial charge is 0.143 e. The Kier molecular flexibility index (Phi) is 8.12. The van der Waals surface area contributed by atoms with Gasteiger partial charge < -0.3 is 9.32 Å². The second kappa shape index (κ2) is 14.0. The van der Waals surface area contributed by atoms with E-state index in [4.69, 9.17) is 4.42 Å². The van der Waals surface area contributed by atoms with Gasteiger partial charge in [0.15, 0.2) is 0 Å². The summed E-state index contributed by atoms with van der Waals surface area (Å²) in [5.41, 5.74) is 21.2. The molecule has 2 heteroatoms. The van der Waals surface area contributed by atoms with Crippen LogP contribution in [0.1, 0.15) is 48.6 Å². The second-order valence-electron chi connectivity index (χ2n) is 18.5. The monoisotopic (exact) mass is 831 g/mol. The van der Waals surface area contributed by atoms with Crippen LogP contribution < -0.4 is 4.90 Å². The predicted molar refractivity (Wildman–Crippen MR) is 272 cm³/mol. The number of para-hydroxylation sites is 1. The van der Waals surface area contributed by atoms with Gasteiger partial charge in [-0.3, -0.25) is 0 Å². The number of fused-ring (bicyclic) bond motifs is 11. The van der Waals surface area contributed by atoms with Gasteiger partial charge in [-0.1, -0.05) is 190 Å². The van der Waals surface area contributed by atoms with Crippen LogP contribution in [-0.4, -0.2) is 0 Å². The Morgan fingerprint density at radius 2 is 1.02 bits per heavy atom. The number of hydrogen-bond acceptors (Lipinski definition) is 2. The zero-order valence-electron chi connectivity index (χ0n) is 36.6. The molecule has 2 aliphatic rings. The maximum absolute atomic E-state index is 6.70. The molecule has 1 heterocycles. The van der Waals surface area contributed by atoms with Gasteiger partial charge in [-0.25, -0.2) is 0 Å². The summed E-state index contributed by atoms with van der Waals surface area (Å²) >= 11 is 0. The average Bonchev–Trinajstić information content (AvgIpc) is 3.96. The van der Waals surface area contributed by atoms with Crippen LogP contribution in [0.2, 0.25) is 0 Å². The lowest BCUT2D eigenvalue weighted by Gasteiger charge is -2.32. The summed E-state index contributed by atoms with van der Waals surface area (Å²) in [6.07, 6.45) is 0. The van der Waals surface area contributed by atoms with E-state index in [1.807, 2.05) is 0 Å². The Balaban J connectivity index is 1.06. The van der Waals surface area contributed by atoms with Crippen LogP contribution in [-0.2, 0) is 10.8 Å². The van der Waals surface area contributed by atoms with E-state index in [-0.39, 0.29) is 10.8 Å². The van der Waals surface area contributed by atoms with E-state index in [1.54, 1.807) is 0 Å². The number of hydrogen-bond donors (Lipinski definition) is 0. The maximum atomic E-state index is 6.70. The van der Waals surface area contributed by atoms with Crippen LogP contribution in [0.5, 0.6) is 0 Å². The van der Waals surface area contributed by atoms with Crippen molar-refractivity contribution in [3.63, 3.8) is 0 Å². The van der Waals surface area contributed by atoms with E-state index in [2.05, 4.69) is 244 Å². The minimum Gasteiger partial charge on any atom is -0.455 e. The Labute approximate surface area is 379 Å². The van der Waals surface area contributed by atoms with Crippen LogP contribution in [0.3, 0.4) is 0 Å². The zero-order chi connectivity index (χ0) is 43.4. The molecule has 0 saturated carbocycles. The van der Waals surface area contributed by atoms with E-state index >= 15 is 0 Å². The van der Waals surface area contributed by atoms with Gasteiger partial charge in [0, 0.05) is 43.9 Å². The largest absolute Gasteiger partial charge is 0.455 e. The van der Waals surface area contributed by atoms with E-state index in [0.29, 0.717) is 0 Å². The highest BCUT2D eigenvalue weighted by atomic mass is 16.3. The number of furan rings is 1. The molecule has 65 heavy (non-hydrogen) atoms. The first kappa shape index (κ1) is 37.6. The molecule has 2 nitrogen and oxygen atoms in total. The van der Waals surface area contributed by atoms with E-state index in [1.165, 1.54) is 66.6 Å². The van der Waals surface area contributed by atoms with Crippen molar-refractivity contribution < 1.29 is 4.42 Å². The molecule has 0 fully saturated rings. The van der Waals surface area contributed by atoms with E-state index in [9.17, 15) is 0 Å². The van der Waals surface area contributed by atoms with Gasteiger partial charge in [0.2, 0.25) is 0 Å². The zero-order valence-corrected chi connectivity index (χ0v) is 36.6. The van der Waals surface area contributed by atoms with Gasteiger partial charge in [-0.15, -0.1) is 0 Å². The summed E-state index contributed by atoms with van der Waals surface area (Å²) < 4.78 is 6.70. The summed E-state index contributed by atoms with van der Waals surface area (Å²) in [5.74, 6) is 0. The lowest BCUT2D eigenvalue weighted by Crippen LogP contribution is -2.23. The van der Waals surface area contributed by atoms with Crippen molar-refractivity contribution >= 4 is 49.8 Å². The van der Waals surface area contributed by atoms with Crippen molar-refractivity contribution in [3.8, 4) is 44.5 Å². The lowest BCUT2D eigenvalue weighted by molar-refractivity contribution is 0.662. The molecule has 1 unspecified atom stereocenters. The van der Waals surface area contributed by atoms with E-state index in [0.717, 1.165) is 55.5 Å². The molecule has 10 aromatic carbocycles. The Hall–Kier alpha value is -7.94. The lowest BCUT2D eigenvalue weighted by atomic mass is 9.74. The van der Waals surface area contributed by atoms with Crippen LogP contribution in [0.25, 0.3) is 77.2 Å². The minimum absolute atomic E-state index is 0.186. The second-order valence-corrected chi connectivity index (χ2v) is 18.5. The van der Waals surface area contributed by atoms with Crippen molar-refractivity contribution in [3.05, 3.63) is 246 Å². The van der Waals surface area contributed by atoms with Crippen LogP contribution in [0, 0.1) is 0 Å². The number of benzene rings is 10. The molecule has 0 spiro atoms. The van der Waals surface area contributed by atoms with Crippen LogP contribution in [0.4, 0.5) is 17.1 Å². The molecule has 0 radical (unpaired) electrons.